The summed E-state index contributed by atoms with van der Waals surface area (Å²) < 4.78 is 2.59. The maximum atomic E-state index is 3.50. The summed E-state index contributed by atoms with van der Waals surface area (Å²) in [6, 6.07) is 15.2. The third kappa shape index (κ3) is 2.08. The molecule has 0 aliphatic rings. The first-order valence-corrected chi connectivity index (χ1v) is 7.45. The van der Waals surface area contributed by atoms with Gasteiger partial charge in [0.25, 0.3) is 0 Å². The first kappa shape index (κ1) is 10.5. The minimum absolute atomic E-state index is 1.05. The Morgan fingerprint density at radius 1 is 0.938 bits per heavy atom. The van der Waals surface area contributed by atoms with Crippen LogP contribution in [0.1, 0.15) is 9.75 Å². The van der Waals surface area contributed by atoms with Crippen LogP contribution < -0.4 is 0 Å². The fourth-order valence-electron chi connectivity index (χ4n) is 1.74. The van der Waals surface area contributed by atoms with Crippen molar-refractivity contribution in [3.8, 4) is 0 Å². The van der Waals surface area contributed by atoms with Crippen molar-refractivity contribution < 1.29 is 0 Å². The van der Waals surface area contributed by atoms with Crippen molar-refractivity contribution in [1.82, 2.24) is 0 Å². The summed E-state index contributed by atoms with van der Waals surface area (Å²) in [4.78, 5) is 2.86. The monoisotopic (exact) mass is 308 g/mol. The molecule has 0 spiro atoms. The summed E-state index contributed by atoms with van der Waals surface area (Å²) in [6.07, 6.45) is 1.05. The van der Waals surface area contributed by atoms with Crippen LogP contribution in [0.3, 0.4) is 0 Å². The van der Waals surface area contributed by atoms with Gasteiger partial charge in [0.1, 0.15) is 0 Å². The molecular weight excluding hydrogens is 300 g/mol. The number of hydrogen-bond acceptors (Lipinski definition) is 2. The molecule has 0 atom stereocenters. The van der Waals surface area contributed by atoms with E-state index in [1.165, 1.54) is 23.6 Å². The lowest BCUT2D eigenvalue weighted by Crippen LogP contribution is -1.76. The molecular formula is C13H9BrS2. The number of hydrogen-bond donors (Lipinski definition) is 0. The molecule has 0 aliphatic carbocycles. The largest absolute Gasteiger partial charge is 0.140 e. The van der Waals surface area contributed by atoms with Gasteiger partial charge in [-0.25, -0.2) is 0 Å². The summed E-state index contributed by atoms with van der Waals surface area (Å²) in [5.41, 5.74) is 0. The second-order valence-electron chi connectivity index (χ2n) is 3.63. The fourth-order valence-corrected chi connectivity index (χ4v) is 4.43. The molecule has 3 aromatic rings. The summed E-state index contributed by atoms with van der Waals surface area (Å²) >= 11 is 7.21. The molecule has 0 nitrogen and oxygen atoms in total. The van der Waals surface area contributed by atoms with E-state index in [0.29, 0.717) is 0 Å². The van der Waals surface area contributed by atoms with E-state index in [4.69, 9.17) is 0 Å². The van der Waals surface area contributed by atoms with E-state index < -0.39 is 0 Å². The highest BCUT2D eigenvalue weighted by atomic mass is 79.9. The third-order valence-corrected chi connectivity index (χ3v) is 5.19. The maximum absolute atomic E-state index is 3.50. The van der Waals surface area contributed by atoms with Crippen LogP contribution in [-0.2, 0) is 6.42 Å². The van der Waals surface area contributed by atoms with Crippen LogP contribution in [0.15, 0.2) is 46.3 Å². The first-order valence-electron chi connectivity index (χ1n) is 5.03. The predicted molar refractivity (Wildman–Crippen MR) is 76.7 cm³/mol. The smallest absolute Gasteiger partial charge is 0.0701 e. The average Bonchev–Trinajstić information content (AvgIpc) is 2.84. The molecule has 3 heteroatoms. The second-order valence-corrected chi connectivity index (χ2v) is 7.35. The zero-order chi connectivity index (χ0) is 11.0. The predicted octanol–water partition coefficient (Wildman–Crippen LogP) is 5.32. The van der Waals surface area contributed by atoms with Crippen LogP contribution in [0, 0.1) is 0 Å². The van der Waals surface area contributed by atoms with Gasteiger partial charge in [0.05, 0.1) is 3.79 Å². The van der Waals surface area contributed by atoms with Crippen LogP contribution in [0.4, 0.5) is 0 Å². The molecule has 0 fully saturated rings. The van der Waals surface area contributed by atoms with Crippen LogP contribution in [-0.4, -0.2) is 0 Å². The summed E-state index contributed by atoms with van der Waals surface area (Å²) in [7, 11) is 0. The number of rotatable bonds is 2. The van der Waals surface area contributed by atoms with Crippen LogP contribution in [0.2, 0.25) is 0 Å². The Bertz CT molecular complexity index is 588. The van der Waals surface area contributed by atoms with Crippen molar-refractivity contribution in [2.75, 3.05) is 0 Å². The minimum Gasteiger partial charge on any atom is -0.140 e. The second kappa shape index (κ2) is 4.32. The molecule has 0 unspecified atom stereocenters. The highest BCUT2D eigenvalue weighted by molar-refractivity contribution is 9.11. The maximum Gasteiger partial charge on any atom is 0.0701 e. The molecule has 16 heavy (non-hydrogen) atoms. The molecule has 0 bridgehead atoms. The highest BCUT2D eigenvalue weighted by Gasteiger charge is 2.04. The standard InChI is InChI=1S/C13H9BrS2/c14-13-6-5-10(16-13)8-11-7-9-3-1-2-4-12(9)15-11/h1-7H,8H2. The number of benzene rings is 1. The highest BCUT2D eigenvalue weighted by Crippen LogP contribution is 2.30. The lowest BCUT2D eigenvalue weighted by Gasteiger charge is -1.90. The van der Waals surface area contributed by atoms with E-state index in [1.54, 1.807) is 0 Å². The van der Waals surface area contributed by atoms with Crippen molar-refractivity contribution in [3.05, 3.63) is 56.0 Å². The van der Waals surface area contributed by atoms with Crippen molar-refractivity contribution in [2.45, 2.75) is 6.42 Å². The lowest BCUT2D eigenvalue weighted by atomic mass is 10.2. The molecule has 80 valence electrons. The molecule has 0 saturated carbocycles. The number of fused-ring (bicyclic) bond motifs is 1. The van der Waals surface area contributed by atoms with Gasteiger partial charge in [0.15, 0.2) is 0 Å². The summed E-state index contributed by atoms with van der Waals surface area (Å²) in [5, 5.41) is 1.36. The van der Waals surface area contributed by atoms with Crippen LogP contribution in [0.25, 0.3) is 10.1 Å². The van der Waals surface area contributed by atoms with Gasteiger partial charge in [-0.3, -0.25) is 0 Å². The molecule has 2 heterocycles. The zero-order valence-corrected chi connectivity index (χ0v) is 11.7. The molecule has 2 aromatic heterocycles. The molecule has 0 aliphatic heterocycles. The van der Waals surface area contributed by atoms with Gasteiger partial charge in [-0.1, -0.05) is 18.2 Å². The van der Waals surface area contributed by atoms with Crippen molar-refractivity contribution in [3.63, 3.8) is 0 Å². The molecule has 0 amide bonds. The van der Waals surface area contributed by atoms with Crippen molar-refractivity contribution in [2.24, 2.45) is 0 Å². The normalized spacial score (nSPS) is 11.1. The third-order valence-electron chi connectivity index (χ3n) is 2.45. The van der Waals surface area contributed by atoms with E-state index in [0.717, 1.165) is 6.42 Å². The number of halogens is 1. The van der Waals surface area contributed by atoms with E-state index >= 15 is 0 Å². The Morgan fingerprint density at radius 3 is 2.56 bits per heavy atom. The fraction of sp³-hybridized carbons (Fsp3) is 0.0769. The Hall–Kier alpha value is -0.640. The topological polar surface area (TPSA) is 0 Å². The van der Waals surface area contributed by atoms with Crippen LogP contribution >= 0.6 is 38.6 Å². The quantitative estimate of drug-likeness (QED) is 0.601. The van der Waals surface area contributed by atoms with Gasteiger partial charge in [-0.15, -0.1) is 22.7 Å². The summed E-state index contributed by atoms with van der Waals surface area (Å²) in [5.74, 6) is 0. The minimum atomic E-state index is 1.05. The van der Waals surface area contributed by atoms with Gasteiger partial charge in [-0.2, -0.15) is 0 Å². The Kier molecular flexibility index (Phi) is 2.84. The zero-order valence-electron chi connectivity index (χ0n) is 8.44. The average molecular weight is 309 g/mol. The van der Waals surface area contributed by atoms with E-state index in [1.807, 2.05) is 22.7 Å². The van der Waals surface area contributed by atoms with Gasteiger partial charge >= 0.3 is 0 Å². The molecule has 0 radical (unpaired) electrons. The lowest BCUT2D eigenvalue weighted by molar-refractivity contribution is 1.31. The Balaban J connectivity index is 1.95. The Labute approximate surface area is 111 Å². The molecule has 0 saturated heterocycles. The van der Waals surface area contributed by atoms with Gasteiger partial charge in [0, 0.05) is 20.9 Å². The van der Waals surface area contributed by atoms with Gasteiger partial charge < -0.3 is 0 Å². The molecule has 1 aromatic carbocycles. The van der Waals surface area contributed by atoms with Crippen molar-refractivity contribution >= 4 is 48.7 Å². The van der Waals surface area contributed by atoms with Crippen LogP contribution in [0.5, 0.6) is 0 Å². The Morgan fingerprint density at radius 2 is 1.81 bits per heavy atom. The summed E-state index contributed by atoms with van der Waals surface area (Å²) in [6.45, 7) is 0. The van der Waals surface area contributed by atoms with E-state index in [2.05, 4.69) is 58.4 Å². The number of thiophene rings is 2. The van der Waals surface area contributed by atoms with Crippen molar-refractivity contribution in [1.29, 1.82) is 0 Å². The van der Waals surface area contributed by atoms with E-state index in [-0.39, 0.29) is 0 Å². The molecule has 3 rings (SSSR count). The first-order chi connectivity index (χ1) is 7.81. The molecule has 0 N–H and O–H groups in total. The van der Waals surface area contributed by atoms with E-state index in [9.17, 15) is 0 Å². The van der Waals surface area contributed by atoms with Gasteiger partial charge in [0.2, 0.25) is 0 Å². The SMILES string of the molecule is Brc1ccc(Cc2cc3ccccc3s2)s1. The van der Waals surface area contributed by atoms with Gasteiger partial charge in [-0.05, 0) is 45.6 Å².